The van der Waals surface area contributed by atoms with Crippen LogP contribution < -0.4 is 5.32 Å². The third kappa shape index (κ3) is 4.23. The number of esters is 1. The zero-order valence-electron chi connectivity index (χ0n) is 17.0. The highest BCUT2D eigenvalue weighted by Gasteiger charge is 2.40. The monoisotopic (exact) mass is 453 g/mol. The number of carbonyl (C=O) groups excluding carboxylic acids is 2. The second kappa shape index (κ2) is 8.79. The normalized spacial score (nSPS) is 17.1. The second-order valence-electron chi connectivity index (χ2n) is 7.07. The first kappa shape index (κ1) is 22.3. The van der Waals surface area contributed by atoms with Gasteiger partial charge in [0.2, 0.25) is 15.9 Å². The van der Waals surface area contributed by atoms with Crippen molar-refractivity contribution in [3.63, 3.8) is 0 Å². The highest BCUT2D eigenvalue weighted by Crippen LogP contribution is 2.29. The first-order valence-corrected chi connectivity index (χ1v) is 11.4. The standard InChI is InChI=1S/C20H24ClN3O5S/c1-4-29-20(26)18-11-14(12-23(18)3)30(27,28)24-10-6-9-17(24)19(25)22-16-8-5-7-15(21)13(16)2/h5,7-8,11-12,17H,4,6,9-10H2,1-3H3,(H,22,25)/t17-/m0/s1. The lowest BCUT2D eigenvalue weighted by Gasteiger charge is -2.23. The quantitative estimate of drug-likeness (QED) is 0.678. The van der Waals surface area contributed by atoms with Crippen molar-refractivity contribution < 1.29 is 22.7 Å². The number of anilines is 1. The van der Waals surface area contributed by atoms with E-state index in [0.717, 1.165) is 0 Å². The average molecular weight is 454 g/mol. The first-order chi connectivity index (χ1) is 14.2. The van der Waals surface area contributed by atoms with Crippen LogP contribution in [0.1, 0.15) is 35.8 Å². The summed E-state index contributed by atoms with van der Waals surface area (Å²) in [6.45, 7) is 3.86. The molecule has 0 aliphatic carbocycles. The Kier molecular flexibility index (Phi) is 6.54. The van der Waals surface area contributed by atoms with Gasteiger partial charge in [-0.05, 0) is 50.5 Å². The predicted octanol–water partition coefficient (Wildman–Crippen LogP) is 2.96. The summed E-state index contributed by atoms with van der Waals surface area (Å²) >= 11 is 6.11. The fraction of sp³-hybridized carbons (Fsp3) is 0.400. The van der Waals surface area contributed by atoms with E-state index in [-0.39, 0.29) is 23.7 Å². The topological polar surface area (TPSA) is 97.7 Å². The van der Waals surface area contributed by atoms with Crippen molar-refractivity contribution in [2.45, 2.75) is 37.6 Å². The number of carbonyl (C=O) groups is 2. The van der Waals surface area contributed by atoms with E-state index in [0.29, 0.717) is 29.1 Å². The number of nitrogens with one attached hydrogen (secondary N) is 1. The van der Waals surface area contributed by atoms with Gasteiger partial charge in [-0.1, -0.05) is 17.7 Å². The third-order valence-electron chi connectivity index (χ3n) is 5.10. The van der Waals surface area contributed by atoms with Gasteiger partial charge in [0.25, 0.3) is 0 Å². The Morgan fingerprint density at radius 1 is 1.33 bits per heavy atom. The van der Waals surface area contributed by atoms with Crippen LogP contribution >= 0.6 is 11.6 Å². The molecule has 3 rings (SSSR count). The fourth-order valence-corrected chi connectivity index (χ4v) is 5.37. The lowest BCUT2D eigenvalue weighted by molar-refractivity contribution is -0.119. The molecule has 0 bridgehead atoms. The van der Waals surface area contributed by atoms with Crippen molar-refractivity contribution in [2.75, 3.05) is 18.5 Å². The molecular formula is C20H24ClN3O5S. The largest absolute Gasteiger partial charge is 0.461 e. The smallest absolute Gasteiger partial charge is 0.354 e. The highest BCUT2D eigenvalue weighted by atomic mass is 35.5. The maximum Gasteiger partial charge on any atom is 0.354 e. The molecule has 0 spiro atoms. The van der Waals surface area contributed by atoms with Crippen molar-refractivity contribution in [3.8, 4) is 0 Å². The van der Waals surface area contributed by atoms with Gasteiger partial charge < -0.3 is 14.6 Å². The average Bonchev–Trinajstić information content (AvgIpc) is 3.33. The van der Waals surface area contributed by atoms with Gasteiger partial charge in [0.05, 0.1) is 6.61 Å². The molecule has 0 unspecified atom stereocenters. The number of amides is 1. The number of halogens is 1. The summed E-state index contributed by atoms with van der Waals surface area (Å²) in [5, 5.41) is 3.30. The molecule has 2 aromatic rings. The minimum absolute atomic E-state index is 0.0494. The predicted molar refractivity (Wildman–Crippen MR) is 113 cm³/mol. The number of aromatic nitrogens is 1. The Hall–Kier alpha value is -2.36. The van der Waals surface area contributed by atoms with Crippen molar-refractivity contribution in [1.29, 1.82) is 0 Å². The van der Waals surface area contributed by atoms with E-state index < -0.39 is 27.9 Å². The molecule has 1 atom stereocenters. The number of benzene rings is 1. The van der Waals surface area contributed by atoms with Gasteiger partial charge in [0.15, 0.2) is 0 Å². The van der Waals surface area contributed by atoms with Gasteiger partial charge in [-0.15, -0.1) is 0 Å². The number of ether oxygens (including phenoxy) is 1. The molecule has 1 aromatic heterocycles. The van der Waals surface area contributed by atoms with Gasteiger partial charge in [-0.2, -0.15) is 4.31 Å². The maximum absolute atomic E-state index is 13.2. The van der Waals surface area contributed by atoms with Crippen molar-refractivity contribution >= 4 is 39.2 Å². The van der Waals surface area contributed by atoms with E-state index in [2.05, 4.69) is 5.32 Å². The van der Waals surface area contributed by atoms with Gasteiger partial charge >= 0.3 is 5.97 Å². The van der Waals surface area contributed by atoms with Crippen LogP contribution in [0.25, 0.3) is 0 Å². The van der Waals surface area contributed by atoms with E-state index in [1.54, 1.807) is 39.1 Å². The summed E-state index contributed by atoms with van der Waals surface area (Å²) in [4.78, 5) is 24.9. The maximum atomic E-state index is 13.2. The lowest BCUT2D eigenvalue weighted by Crippen LogP contribution is -2.43. The van der Waals surface area contributed by atoms with E-state index in [9.17, 15) is 18.0 Å². The van der Waals surface area contributed by atoms with Crippen LogP contribution in [0.15, 0.2) is 35.4 Å². The van der Waals surface area contributed by atoms with Crippen LogP contribution in [0.3, 0.4) is 0 Å². The fourth-order valence-electron chi connectivity index (χ4n) is 3.47. The summed E-state index contributed by atoms with van der Waals surface area (Å²) in [6.07, 6.45) is 2.32. The Morgan fingerprint density at radius 2 is 2.07 bits per heavy atom. The van der Waals surface area contributed by atoms with Gasteiger partial charge in [0.1, 0.15) is 16.6 Å². The molecule has 1 saturated heterocycles. The summed E-state index contributed by atoms with van der Waals surface area (Å²) in [7, 11) is -2.40. The van der Waals surface area contributed by atoms with Crippen molar-refractivity contribution in [1.82, 2.24) is 8.87 Å². The second-order valence-corrected chi connectivity index (χ2v) is 9.37. The molecule has 2 heterocycles. The minimum Gasteiger partial charge on any atom is -0.461 e. The molecule has 30 heavy (non-hydrogen) atoms. The SMILES string of the molecule is CCOC(=O)c1cc(S(=O)(=O)N2CCC[C@H]2C(=O)Nc2cccc(Cl)c2C)cn1C. The molecule has 162 valence electrons. The Labute approximate surface area is 180 Å². The number of rotatable bonds is 6. The number of hydrogen-bond acceptors (Lipinski definition) is 5. The number of nitrogens with zero attached hydrogens (tertiary/aromatic N) is 2. The Morgan fingerprint density at radius 3 is 2.77 bits per heavy atom. The van der Waals surface area contributed by atoms with E-state index >= 15 is 0 Å². The summed E-state index contributed by atoms with van der Waals surface area (Å²) in [6, 6.07) is 5.58. The zero-order chi connectivity index (χ0) is 22.1. The lowest BCUT2D eigenvalue weighted by atomic mass is 10.1. The molecule has 0 saturated carbocycles. The van der Waals surface area contributed by atoms with Crippen molar-refractivity contribution in [3.05, 3.63) is 46.7 Å². The molecule has 1 amide bonds. The summed E-state index contributed by atoms with van der Waals surface area (Å²) in [5.74, 6) is -1.02. The summed E-state index contributed by atoms with van der Waals surface area (Å²) < 4.78 is 34.0. The zero-order valence-corrected chi connectivity index (χ0v) is 18.6. The molecule has 10 heteroatoms. The van der Waals surface area contributed by atoms with Crippen LogP contribution in [0.2, 0.25) is 5.02 Å². The Balaban J connectivity index is 1.85. The molecule has 1 N–H and O–H groups in total. The molecule has 1 aliphatic rings. The molecule has 0 radical (unpaired) electrons. The van der Waals surface area contributed by atoms with Crippen LogP contribution in [0.4, 0.5) is 5.69 Å². The van der Waals surface area contributed by atoms with Crippen LogP contribution in [0, 0.1) is 6.92 Å². The van der Waals surface area contributed by atoms with Gasteiger partial charge in [-0.3, -0.25) is 4.79 Å². The number of sulfonamides is 1. The van der Waals surface area contributed by atoms with Crippen molar-refractivity contribution in [2.24, 2.45) is 7.05 Å². The summed E-state index contributed by atoms with van der Waals surface area (Å²) in [5.41, 5.74) is 1.38. The van der Waals surface area contributed by atoms with E-state index in [4.69, 9.17) is 16.3 Å². The van der Waals surface area contributed by atoms with Gasteiger partial charge in [-0.25, -0.2) is 13.2 Å². The highest BCUT2D eigenvalue weighted by molar-refractivity contribution is 7.89. The van der Waals surface area contributed by atoms with E-state index in [1.165, 1.54) is 21.1 Å². The van der Waals surface area contributed by atoms with Crippen LogP contribution in [-0.2, 0) is 26.6 Å². The third-order valence-corrected chi connectivity index (χ3v) is 7.39. The number of hydrogen-bond donors (Lipinski definition) is 1. The van der Waals surface area contributed by atoms with Crippen LogP contribution in [0.5, 0.6) is 0 Å². The van der Waals surface area contributed by atoms with E-state index in [1.807, 2.05) is 0 Å². The molecule has 1 aliphatic heterocycles. The Bertz CT molecular complexity index is 1080. The molecule has 1 aromatic carbocycles. The molecule has 1 fully saturated rings. The number of aryl methyl sites for hydroxylation is 1. The molecule has 8 nitrogen and oxygen atoms in total. The minimum atomic E-state index is -3.98. The van der Waals surface area contributed by atoms with Gasteiger partial charge in [0, 0.05) is 30.5 Å². The first-order valence-electron chi connectivity index (χ1n) is 9.58. The van der Waals surface area contributed by atoms with Crippen LogP contribution in [-0.4, -0.2) is 48.4 Å². The molecular weight excluding hydrogens is 430 g/mol.